The van der Waals surface area contributed by atoms with E-state index in [1.54, 1.807) is 10.9 Å². The highest BCUT2D eigenvalue weighted by Crippen LogP contribution is 2.35. The Labute approximate surface area is 141 Å². The third-order valence-electron chi connectivity index (χ3n) is 4.92. The summed E-state index contributed by atoms with van der Waals surface area (Å²) in [6.07, 6.45) is 6.17. The number of carbonyl (C=O) groups is 2. The van der Waals surface area contributed by atoms with Gasteiger partial charge in [-0.1, -0.05) is 30.3 Å². The zero-order valence-corrected chi connectivity index (χ0v) is 14.1. The first kappa shape index (κ1) is 16.4. The predicted octanol–water partition coefficient (Wildman–Crippen LogP) is 3.55. The van der Waals surface area contributed by atoms with Crippen LogP contribution in [0.3, 0.4) is 0 Å². The molecule has 2 aromatic rings. The van der Waals surface area contributed by atoms with Crippen molar-refractivity contribution in [3.05, 3.63) is 54.1 Å². The second-order valence-corrected chi connectivity index (χ2v) is 6.42. The molecule has 0 radical (unpaired) electrons. The van der Waals surface area contributed by atoms with Crippen LogP contribution in [0.15, 0.2) is 42.9 Å². The van der Waals surface area contributed by atoms with E-state index in [2.05, 4.69) is 4.98 Å². The quantitative estimate of drug-likeness (QED) is 0.788. The minimum absolute atomic E-state index is 0.0480. The molecule has 1 aliphatic carbocycles. The Morgan fingerprint density at radius 1 is 1.21 bits per heavy atom. The number of hydrogen-bond acceptors (Lipinski definition) is 4. The molecule has 1 aromatic heterocycles. The van der Waals surface area contributed by atoms with E-state index in [-0.39, 0.29) is 11.8 Å². The number of Topliss-reactive ketones (excluding diaryl/α,β-unsaturated/α-hetero) is 1. The summed E-state index contributed by atoms with van der Waals surface area (Å²) in [4.78, 5) is 28.8. The summed E-state index contributed by atoms with van der Waals surface area (Å²) < 4.78 is 7.47. The smallest absolute Gasteiger partial charge is 0.357 e. The number of nitrogens with zero attached hydrogens (tertiary/aromatic N) is 2. The lowest BCUT2D eigenvalue weighted by atomic mass is 9.97. The topological polar surface area (TPSA) is 61.2 Å². The second kappa shape index (κ2) is 6.59. The van der Waals surface area contributed by atoms with E-state index in [0.29, 0.717) is 18.5 Å². The molecule has 0 saturated heterocycles. The molecule has 3 rings (SSSR count). The first-order valence-corrected chi connectivity index (χ1v) is 8.35. The minimum atomic E-state index is -0.956. The maximum Gasteiger partial charge on any atom is 0.357 e. The summed E-state index contributed by atoms with van der Waals surface area (Å²) in [5.74, 6) is -0.553. The summed E-state index contributed by atoms with van der Waals surface area (Å²) in [7, 11) is 0. The standard InChI is InChI=1S/C19H22N2O3/c1-14(16-8-4-3-5-9-16)21-13-20-12-17(21)18(23)24-19(15(2)22)10-6-7-11-19/h3-5,8-9,12-14H,6-7,10-11H2,1-2H3/t14-/m1/s1. The number of carbonyl (C=O) groups excluding carboxylic acids is 2. The molecule has 5 nitrogen and oxygen atoms in total. The molecule has 126 valence electrons. The van der Waals surface area contributed by atoms with Crippen molar-refractivity contribution in [2.24, 2.45) is 0 Å². The summed E-state index contributed by atoms with van der Waals surface area (Å²) in [6.45, 7) is 3.51. The molecular formula is C19H22N2O3. The van der Waals surface area contributed by atoms with Crippen molar-refractivity contribution >= 4 is 11.8 Å². The maximum absolute atomic E-state index is 12.7. The first-order chi connectivity index (χ1) is 11.5. The van der Waals surface area contributed by atoms with Crippen molar-refractivity contribution in [2.75, 3.05) is 0 Å². The van der Waals surface area contributed by atoms with Crippen molar-refractivity contribution in [1.82, 2.24) is 9.55 Å². The van der Waals surface area contributed by atoms with Crippen molar-refractivity contribution in [3.63, 3.8) is 0 Å². The predicted molar refractivity (Wildman–Crippen MR) is 89.8 cm³/mol. The van der Waals surface area contributed by atoms with E-state index in [9.17, 15) is 9.59 Å². The zero-order valence-electron chi connectivity index (χ0n) is 14.1. The number of benzene rings is 1. The molecule has 1 fully saturated rings. The number of rotatable bonds is 5. The molecule has 0 N–H and O–H groups in total. The maximum atomic E-state index is 12.7. The SMILES string of the molecule is CC(=O)C1(OC(=O)c2cncn2[C@H](C)c2ccccc2)CCCC1. The highest BCUT2D eigenvalue weighted by atomic mass is 16.6. The van der Waals surface area contributed by atoms with Gasteiger partial charge in [0.1, 0.15) is 5.69 Å². The van der Waals surface area contributed by atoms with E-state index in [0.717, 1.165) is 18.4 Å². The molecular weight excluding hydrogens is 304 g/mol. The van der Waals surface area contributed by atoms with Crippen LogP contribution in [-0.4, -0.2) is 26.9 Å². The fraction of sp³-hybridized carbons (Fsp3) is 0.421. The second-order valence-electron chi connectivity index (χ2n) is 6.42. The molecule has 1 heterocycles. The van der Waals surface area contributed by atoms with Crippen LogP contribution in [0.2, 0.25) is 0 Å². The van der Waals surface area contributed by atoms with Crippen LogP contribution in [0.25, 0.3) is 0 Å². The van der Waals surface area contributed by atoms with E-state index in [1.165, 1.54) is 13.1 Å². The number of ketones is 1. The van der Waals surface area contributed by atoms with E-state index < -0.39 is 11.6 Å². The van der Waals surface area contributed by atoms with Gasteiger partial charge in [0.2, 0.25) is 0 Å². The Bertz CT molecular complexity index is 730. The van der Waals surface area contributed by atoms with Gasteiger partial charge < -0.3 is 9.30 Å². The first-order valence-electron chi connectivity index (χ1n) is 8.35. The van der Waals surface area contributed by atoms with Crippen LogP contribution in [0.1, 0.15) is 61.6 Å². The summed E-state index contributed by atoms with van der Waals surface area (Å²) >= 11 is 0. The van der Waals surface area contributed by atoms with Gasteiger partial charge in [0.05, 0.1) is 18.6 Å². The van der Waals surface area contributed by atoms with E-state index in [1.807, 2.05) is 37.3 Å². The lowest BCUT2D eigenvalue weighted by molar-refractivity contribution is -0.135. The summed E-state index contributed by atoms with van der Waals surface area (Å²) in [5.41, 5.74) is 0.493. The Balaban J connectivity index is 1.85. The Kier molecular flexibility index (Phi) is 4.51. The molecule has 0 amide bonds. The lowest BCUT2D eigenvalue weighted by Crippen LogP contribution is -2.39. The largest absolute Gasteiger partial charge is 0.446 e. The normalized spacial score (nSPS) is 17.4. The van der Waals surface area contributed by atoms with Gasteiger partial charge in [-0.2, -0.15) is 0 Å². The monoisotopic (exact) mass is 326 g/mol. The average molecular weight is 326 g/mol. The molecule has 1 atom stereocenters. The van der Waals surface area contributed by atoms with Crippen LogP contribution < -0.4 is 0 Å². The van der Waals surface area contributed by atoms with Gasteiger partial charge in [-0.25, -0.2) is 9.78 Å². The number of imidazole rings is 1. The Morgan fingerprint density at radius 2 is 1.88 bits per heavy atom. The fourth-order valence-corrected chi connectivity index (χ4v) is 3.37. The molecule has 1 aromatic carbocycles. The van der Waals surface area contributed by atoms with Crippen LogP contribution in [0.4, 0.5) is 0 Å². The summed E-state index contributed by atoms with van der Waals surface area (Å²) in [5, 5.41) is 0. The van der Waals surface area contributed by atoms with Gasteiger partial charge in [-0.15, -0.1) is 0 Å². The Morgan fingerprint density at radius 3 is 2.50 bits per heavy atom. The molecule has 0 bridgehead atoms. The molecule has 0 unspecified atom stereocenters. The number of ether oxygens (including phenoxy) is 1. The van der Waals surface area contributed by atoms with Gasteiger partial charge in [-0.05, 0) is 45.1 Å². The van der Waals surface area contributed by atoms with Crippen molar-refractivity contribution < 1.29 is 14.3 Å². The molecule has 1 aliphatic rings. The average Bonchev–Trinajstić information content (AvgIpc) is 3.25. The number of hydrogen-bond donors (Lipinski definition) is 0. The third kappa shape index (κ3) is 2.98. The van der Waals surface area contributed by atoms with Gasteiger partial charge in [0.25, 0.3) is 0 Å². The van der Waals surface area contributed by atoms with Gasteiger partial charge in [0, 0.05) is 0 Å². The number of aromatic nitrogens is 2. The third-order valence-corrected chi connectivity index (χ3v) is 4.92. The van der Waals surface area contributed by atoms with Crippen LogP contribution >= 0.6 is 0 Å². The Hall–Kier alpha value is -2.43. The van der Waals surface area contributed by atoms with E-state index in [4.69, 9.17) is 4.74 Å². The highest BCUT2D eigenvalue weighted by Gasteiger charge is 2.43. The van der Waals surface area contributed by atoms with Crippen molar-refractivity contribution in [1.29, 1.82) is 0 Å². The van der Waals surface area contributed by atoms with E-state index >= 15 is 0 Å². The molecule has 24 heavy (non-hydrogen) atoms. The highest BCUT2D eigenvalue weighted by molar-refractivity contribution is 5.93. The van der Waals surface area contributed by atoms with Gasteiger partial charge >= 0.3 is 5.97 Å². The van der Waals surface area contributed by atoms with Crippen molar-refractivity contribution in [3.8, 4) is 0 Å². The van der Waals surface area contributed by atoms with Gasteiger partial charge in [-0.3, -0.25) is 4.79 Å². The van der Waals surface area contributed by atoms with Crippen LogP contribution in [0.5, 0.6) is 0 Å². The van der Waals surface area contributed by atoms with Crippen LogP contribution in [-0.2, 0) is 9.53 Å². The molecule has 0 aliphatic heterocycles. The van der Waals surface area contributed by atoms with Gasteiger partial charge in [0.15, 0.2) is 11.4 Å². The fourth-order valence-electron chi connectivity index (χ4n) is 3.37. The van der Waals surface area contributed by atoms with Crippen LogP contribution in [0, 0.1) is 0 Å². The number of esters is 1. The molecule has 5 heteroatoms. The van der Waals surface area contributed by atoms with Crippen molar-refractivity contribution in [2.45, 2.75) is 51.2 Å². The lowest BCUT2D eigenvalue weighted by Gasteiger charge is -2.26. The molecule has 1 saturated carbocycles. The molecule has 0 spiro atoms. The summed E-state index contributed by atoms with van der Waals surface area (Å²) in [6, 6.07) is 9.85. The zero-order chi connectivity index (χ0) is 17.2. The minimum Gasteiger partial charge on any atom is -0.446 e.